The second-order valence-corrected chi connectivity index (χ2v) is 3.65. The van der Waals surface area contributed by atoms with E-state index in [2.05, 4.69) is 9.97 Å². The number of nitrogen functional groups attached to an aromatic ring is 1. The summed E-state index contributed by atoms with van der Waals surface area (Å²) in [5, 5.41) is 0. The molecule has 1 fully saturated rings. The van der Waals surface area contributed by atoms with Crippen molar-refractivity contribution in [1.29, 1.82) is 0 Å². The van der Waals surface area contributed by atoms with Gasteiger partial charge in [0, 0.05) is 0 Å². The molecule has 1 saturated carbocycles. The van der Waals surface area contributed by atoms with Gasteiger partial charge in [-0.3, -0.25) is 0 Å². The molecule has 4 nitrogen and oxygen atoms in total. The van der Waals surface area contributed by atoms with E-state index in [9.17, 15) is 0 Å². The van der Waals surface area contributed by atoms with Crippen LogP contribution in [0.15, 0.2) is 12.4 Å². The highest BCUT2D eigenvalue weighted by molar-refractivity contribution is 5.21. The molecule has 4 heteroatoms. The van der Waals surface area contributed by atoms with Gasteiger partial charge in [0.25, 0.3) is 0 Å². The first kappa shape index (κ1) is 9.24. The molecule has 0 unspecified atom stereocenters. The Hall–Kier alpha value is -1.32. The topological polar surface area (TPSA) is 61.0 Å². The summed E-state index contributed by atoms with van der Waals surface area (Å²) >= 11 is 0. The van der Waals surface area contributed by atoms with Crippen LogP contribution in [0, 0.1) is 0 Å². The molecule has 0 atom stereocenters. The molecule has 2 N–H and O–H groups in total. The Balaban J connectivity index is 1.92. The summed E-state index contributed by atoms with van der Waals surface area (Å²) in [5.41, 5.74) is 5.38. The fourth-order valence-corrected chi connectivity index (χ4v) is 1.76. The molecule has 0 spiro atoms. The number of nitrogens with zero attached hydrogens (tertiary/aromatic N) is 2. The molecule has 76 valence electrons. The Morgan fingerprint density at radius 3 is 2.43 bits per heavy atom. The van der Waals surface area contributed by atoms with Gasteiger partial charge in [-0.1, -0.05) is 6.42 Å². The molecular weight excluding hydrogens is 178 g/mol. The Morgan fingerprint density at radius 1 is 1.14 bits per heavy atom. The average Bonchev–Trinajstić information content (AvgIpc) is 2.23. The second-order valence-electron chi connectivity index (χ2n) is 3.65. The minimum atomic E-state index is 0.293. The third kappa shape index (κ3) is 2.34. The molecule has 1 aliphatic rings. The number of ether oxygens (including phenoxy) is 1. The van der Waals surface area contributed by atoms with Crippen LogP contribution in [0.2, 0.25) is 0 Å². The van der Waals surface area contributed by atoms with E-state index in [0.29, 0.717) is 12.1 Å². The second kappa shape index (κ2) is 4.26. The molecule has 1 aromatic heterocycles. The van der Waals surface area contributed by atoms with Gasteiger partial charge in [0.05, 0.1) is 18.5 Å². The molecule has 0 radical (unpaired) electrons. The van der Waals surface area contributed by atoms with Crippen LogP contribution in [0.5, 0.6) is 5.75 Å². The van der Waals surface area contributed by atoms with E-state index in [1.54, 1.807) is 12.4 Å². The lowest BCUT2D eigenvalue weighted by Crippen LogP contribution is -2.19. The molecule has 1 heterocycles. The number of aromatic nitrogens is 2. The number of nitrogens with two attached hydrogens (primary N) is 1. The van der Waals surface area contributed by atoms with Crippen molar-refractivity contribution in [3.63, 3.8) is 0 Å². The highest BCUT2D eigenvalue weighted by Gasteiger charge is 2.14. The number of anilines is 1. The first-order valence-electron chi connectivity index (χ1n) is 5.09. The largest absolute Gasteiger partial charge is 0.487 e. The first-order chi connectivity index (χ1) is 6.84. The van der Waals surface area contributed by atoms with Gasteiger partial charge in [-0.05, 0) is 25.7 Å². The molecule has 0 amide bonds. The molecule has 1 aliphatic carbocycles. The Labute approximate surface area is 83.5 Å². The summed E-state index contributed by atoms with van der Waals surface area (Å²) in [6, 6.07) is 0. The van der Waals surface area contributed by atoms with Crippen LogP contribution in [-0.2, 0) is 0 Å². The van der Waals surface area contributed by atoms with Crippen molar-refractivity contribution in [2.45, 2.75) is 38.2 Å². The van der Waals surface area contributed by atoms with Gasteiger partial charge >= 0.3 is 0 Å². The molecular formula is C10H15N3O. The van der Waals surface area contributed by atoms with Crippen LogP contribution in [0.1, 0.15) is 32.1 Å². The van der Waals surface area contributed by atoms with Crippen molar-refractivity contribution in [2.24, 2.45) is 0 Å². The third-order valence-electron chi connectivity index (χ3n) is 2.50. The fourth-order valence-electron chi connectivity index (χ4n) is 1.76. The van der Waals surface area contributed by atoms with Crippen molar-refractivity contribution in [1.82, 2.24) is 9.97 Å². The summed E-state index contributed by atoms with van der Waals surface area (Å²) in [5.74, 6) is 1.02. The maximum Gasteiger partial charge on any atom is 0.220 e. The molecule has 2 rings (SSSR count). The predicted molar refractivity (Wildman–Crippen MR) is 53.9 cm³/mol. The summed E-state index contributed by atoms with van der Waals surface area (Å²) < 4.78 is 5.73. The maximum absolute atomic E-state index is 5.73. The normalized spacial score (nSPS) is 18.0. The van der Waals surface area contributed by atoms with Gasteiger partial charge in [-0.25, -0.2) is 9.97 Å². The van der Waals surface area contributed by atoms with Gasteiger partial charge in [-0.2, -0.15) is 0 Å². The van der Waals surface area contributed by atoms with Gasteiger partial charge < -0.3 is 10.5 Å². The van der Waals surface area contributed by atoms with Crippen molar-refractivity contribution in [3.05, 3.63) is 12.4 Å². The molecule has 0 saturated heterocycles. The van der Waals surface area contributed by atoms with E-state index in [0.717, 1.165) is 18.6 Å². The van der Waals surface area contributed by atoms with E-state index in [1.807, 2.05) is 0 Å². The van der Waals surface area contributed by atoms with Crippen LogP contribution in [-0.4, -0.2) is 16.1 Å². The van der Waals surface area contributed by atoms with Crippen molar-refractivity contribution >= 4 is 5.95 Å². The Bertz CT molecular complexity index is 280. The minimum Gasteiger partial charge on any atom is -0.487 e. The minimum absolute atomic E-state index is 0.293. The summed E-state index contributed by atoms with van der Waals surface area (Å²) in [6.45, 7) is 0. The average molecular weight is 193 g/mol. The quantitative estimate of drug-likeness (QED) is 0.777. The van der Waals surface area contributed by atoms with Gasteiger partial charge in [-0.15, -0.1) is 0 Å². The van der Waals surface area contributed by atoms with Crippen LogP contribution < -0.4 is 10.5 Å². The first-order valence-corrected chi connectivity index (χ1v) is 5.09. The molecule has 0 aromatic carbocycles. The molecule has 14 heavy (non-hydrogen) atoms. The van der Waals surface area contributed by atoms with Crippen LogP contribution >= 0.6 is 0 Å². The SMILES string of the molecule is Nc1ncc(OC2CCCCC2)cn1. The van der Waals surface area contributed by atoms with E-state index in [-0.39, 0.29) is 0 Å². The lowest BCUT2D eigenvalue weighted by molar-refractivity contribution is 0.154. The van der Waals surface area contributed by atoms with Crippen molar-refractivity contribution in [2.75, 3.05) is 5.73 Å². The lowest BCUT2D eigenvalue weighted by atomic mass is 9.98. The highest BCUT2D eigenvalue weighted by atomic mass is 16.5. The zero-order chi connectivity index (χ0) is 9.80. The van der Waals surface area contributed by atoms with Gasteiger partial charge in [0.1, 0.15) is 0 Å². The van der Waals surface area contributed by atoms with Crippen LogP contribution in [0.4, 0.5) is 5.95 Å². The summed E-state index contributed by atoms with van der Waals surface area (Å²) in [7, 11) is 0. The lowest BCUT2D eigenvalue weighted by Gasteiger charge is -2.22. The van der Waals surface area contributed by atoms with Gasteiger partial charge in [0.15, 0.2) is 5.75 Å². The summed E-state index contributed by atoms with van der Waals surface area (Å²) in [6.07, 6.45) is 9.76. The monoisotopic (exact) mass is 193 g/mol. The van der Waals surface area contributed by atoms with Crippen molar-refractivity contribution in [3.8, 4) is 5.75 Å². The number of hydrogen-bond donors (Lipinski definition) is 1. The van der Waals surface area contributed by atoms with Crippen LogP contribution in [0.25, 0.3) is 0 Å². The fraction of sp³-hybridized carbons (Fsp3) is 0.600. The van der Waals surface area contributed by atoms with E-state index in [1.165, 1.54) is 19.3 Å². The number of hydrogen-bond acceptors (Lipinski definition) is 4. The summed E-state index contributed by atoms with van der Waals surface area (Å²) in [4.78, 5) is 7.77. The predicted octanol–water partition coefficient (Wildman–Crippen LogP) is 1.77. The van der Waals surface area contributed by atoms with Crippen molar-refractivity contribution < 1.29 is 4.74 Å². The van der Waals surface area contributed by atoms with E-state index >= 15 is 0 Å². The molecule has 0 bridgehead atoms. The van der Waals surface area contributed by atoms with E-state index in [4.69, 9.17) is 10.5 Å². The van der Waals surface area contributed by atoms with Gasteiger partial charge in [0.2, 0.25) is 5.95 Å². The standard InChI is InChI=1S/C10H15N3O/c11-10-12-6-9(7-13-10)14-8-4-2-1-3-5-8/h6-8H,1-5H2,(H2,11,12,13). The zero-order valence-electron chi connectivity index (χ0n) is 8.15. The highest BCUT2D eigenvalue weighted by Crippen LogP contribution is 2.22. The number of rotatable bonds is 2. The van der Waals surface area contributed by atoms with Crippen LogP contribution in [0.3, 0.4) is 0 Å². The molecule has 0 aliphatic heterocycles. The maximum atomic E-state index is 5.73. The third-order valence-corrected chi connectivity index (χ3v) is 2.50. The zero-order valence-corrected chi connectivity index (χ0v) is 8.15. The molecule has 1 aromatic rings. The Kier molecular flexibility index (Phi) is 2.81. The smallest absolute Gasteiger partial charge is 0.220 e. The Morgan fingerprint density at radius 2 is 1.79 bits per heavy atom. The van der Waals surface area contributed by atoms with E-state index < -0.39 is 0 Å².